The van der Waals surface area contributed by atoms with Crippen LogP contribution >= 0.6 is 0 Å². The first-order valence-corrected chi connectivity index (χ1v) is 9.75. The fraction of sp³-hybridized carbons (Fsp3) is 0.286. The first-order valence-electron chi connectivity index (χ1n) is 9.75. The number of amides is 2. The second kappa shape index (κ2) is 7.58. The number of benzene rings is 1. The maximum atomic E-state index is 12.7. The van der Waals surface area contributed by atoms with Gasteiger partial charge in [0.15, 0.2) is 11.5 Å². The quantitative estimate of drug-likeness (QED) is 0.713. The van der Waals surface area contributed by atoms with Crippen LogP contribution in [0.2, 0.25) is 0 Å². The van der Waals surface area contributed by atoms with Crippen molar-refractivity contribution in [1.29, 1.82) is 0 Å². The molecule has 0 bridgehead atoms. The molecule has 9 nitrogen and oxygen atoms in total. The molecule has 0 aliphatic carbocycles. The van der Waals surface area contributed by atoms with Gasteiger partial charge in [0.1, 0.15) is 12.1 Å². The van der Waals surface area contributed by atoms with Gasteiger partial charge in [0.05, 0.1) is 24.1 Å². The molecule has 1 fully saturated rings. The summed E-state index contributed by atoms with van der Waals surface area (Å²) >= 11 is 0. The Morgan fingerprint density at radius 3 is 2.67 bits per heavy atom. The van der Waals surface area contributed by atoms with Crippen molar-refractivity contribution in [3.05, 3.63) is 60.2 Å². The van der Waals surface area contributed by atoms with Crippen LogP contribution in [0.25, 0.3) is 0 Å². The summed E-state index contributed by atoms with van der Waals surface area (Å²) in [4.78, 5) is 27.0. The third-order valence-electron chi connectivity index (χ3n) is 5.41. The van der Waals surface area contributed by atoms with Crippen LogP contribution in [0.1, 0.15) is 39.6 Å². The van der Waals surface area contributed by atoms with E-state index in [-0.39, 0.29) is 24.6 Å². The number of rotatable bonds is 4. The molecule has 30 heavy (non-hydrogen) atoms. The fourth-order valence-corrected chi connectivity index (χ4v) is 3.81. The van der Waals surface area contributed by atoms with Gasteiger partial charge in [-0.2, -0.15) is 5.10 Å². The molecule has 0 radical (unpaired) electrons. The number of anilines is 1. The van der Waals surface area contributed by atoms with Gasteiger partial charge in [-0.05, 0) is 37.1 Å². The second-order valence-electron chi connectivity index (χ2n) is 7.22. The zero-order valence-corrected chi connectivity index (χ0v) is 16.1. The summed E-state index contributed by atoms with van der Waals surface area (Å²) in [5, 5.41) is 7.33. The number of nitrogens with zero attached hydrogens (tertiary/aromatic N) is 3. The number of carbonyl (C=O) groups is 2. The standard InChI is InChI=1S/C21H20N4O5/c26-20(14-1-2-17-18(11-14)30-13-29-17)23-19-3-7-22-25(19)16-4-8-24(9-5-16)21(27)15-6-10-28-12-15/h1-3,6-7,10-12,16H,4-5,8-9,13H2,(H,23,26). The molecule has 2 amide bonds. The smallest absolute Gasteiger partial charge is 0.257 e. The monoisotopic (exact) mass is 408 g/mol. The molecule has 154 valence electrons. The van der Waals surface area contributed by atoms with Crippen molar-refractivity contribution in [2.24, 2.45) is 0 Å². The van der Waals surface area contributed by atoms with E-state index in [4.69, 9.17) is 13.9 Å². The molecule has 0 saturated carbocycles. The Morgan fingerprint density at radius 1 is 1.03 bits per heavy atom. The second-order valence-corrected chi connectivity index (χ2v) is 7.22. The topological polar surface area (TPSA) is 98.8 Å². The first-order chi connectivity index (χ1) is 14.7. The van der Waals surface area contributed by atoms with Crippen molar-refractivity contribution in [3.63, 3.8) is 0 Å². The van der Waals surface area contributed by atoms with Crippen LogP contribution in [0.3, 0.4) is 0 Å². The van der Waals surface area contributed by atoms with E-state index in [9.17, 15) is 9.59 Å². The van der Waals surface area contributed by atoms with E-state index in [1.54, 1.807) is 36.5 Å². The number of ether oxygens (including phenoxy) is 2. The van der Waals surface area contributed by atoms with Gasteiger partial charge in [-0.25, -0.2) is 4.68 Å². The third-order valence-corrected chi connectivity index (χ3v) is 5.41. The Morgan fingerprint density at radius 2 is 1.87 bits per heavy atom. The highest BCUT2D eigenvalue weighted by Crippen LogP contribution is 2.33. The van der Waals surface area contributed by atoms with Crippen LogP contribution in [0, 0.1) is 0 Å². The van der Waals surface area contributed by atoms with Crippen LogP contribution in [-0.2, 0) is 0 Å². The first kappa shape index (κ1) is 18.3. The molecular weight excluding hydrogens is 388 g/mol. The number of piperidine rings is 1. The van der Waals surface area contributed by atoms with Gasteiger partial charge in [-0.3, -0.25) is 9.59 Å². The number of hydrogen-bond acceptors (Lipinski definition) is 6. The fourth-order valence-electron chi connectivity index (χ4n) is 3.81. The van der Waals surface area contributed by atoms with Gasteiger partial charge >= 0.3 is 0 Å². The van der Waals surface area contributed by atoms with Crippen molar-refractivity contribution < 1.29 is 23.5 Å². The number of likely N-dealkylation sites (tertiary alicyclic amines) is 1. The average molecular weight is 408 g/mol. The maximum absolute atomic E-state index is 12.7. The highest BCUT2D eigenvalue weighted by molar-refractivity contribution is 6.04. The van der Waals surface area contributed by atoms with E-state index in [0.717, 1.165) is 12.8 Å². The number of furan rings is 1. The largest absolute Gasteiger partial charge is 0.472 e. The lowest BCUT2D eigenvalue weighted by Crippen LogP contribution is -2.39. The molecule has 9 heteroatoms. The predicted molar refractivity (Wildman–Crippen MR) is 106 cm³/mol. The van der Waals surface area contributed by atoms with E-state index in [2.05, 4.69) is 10.4 Å². The summed E-state index contributed by atoms with van der Waals surface area (Å²) in [6.07, 6.45) is 6.12. The van der Waals surface area contributed by atoms with Crippen LogP contribution in [0.4, 0.5) is 5.82 Å². The molecule has 0 atom stereocenters. The van der Waals surface area contributed by atoms with Gasteiger partial charge in [0, 0.05) is 24.7 Å². The van der Waals surface area contributed by atoms with Gasteiger partial charge in [0.2, 0.25) is 6.79 Å². The molecule has 3 aromatic rings. The molecule has 1 N–H and O–H groups in total. The van der Waals surface area contributed by atoms with Crippen molar-refractivity contribution >= 4 is 17.6 Å². The summed E-state index contributed by atoms with van der Waals surface area (Å²) in [7, 11) is 0. The maximum Gasteiger partial charge on any atom is 0.257 e. The van der Waals surface area contributed by atoms with Crippen molar-refractivity contribution in [2.45, 2.75) is 18.9 Å². The minimum absolute atomic E-state index is 0.0287. The van der Waals surface area contributed by atoms with E-state index in [0.29, 0.717) is 41.5 Å². The minimum Gasteiger partial charge on any atom is -0.472 e. The molecule has 2 aromatic heterocycles. The third kappa shape index (κ3) is 3.38. The number of carbonyl (C=O) groups excluding carboxylic acids is 2. The Labute approximate surface area is 172 Å². The van der Waals surface area contributed by atoms with Crippen LogP contribution < -0.4 is 14.8 Å². The van der Waals surface area contributed by atoms with Gasteiger partial charge < -0.3 is 24.1 Å². The minimum atomic E-state index is -0.248. The van der Waals surface area contributed by atoms with Crippen molar-refractivity contribution in [3.8, 4) is 11.5 Å². The van der Waals surface area contributed by atoms with E-state index < -0.39 is 0 Å². The average Bonchev–Trinajstić information content (AvgIpc) is 3.54. The molecule has 2 aliphatic heterocycles. The number of aromatic nitrogens is 2. The van der Waals surface area contributed by atoms with E-state index >= 15 is 0 Å². The van der Waals surface area contributed by atoms with Crippen LogP contribution in [0.5, 0.6) is 11.5 Å². The van der Waals surface area contributed by atoms with Crippen LogP contribution in [-0.4, -0.2) is 46.4 Å². The Bertz CT molecular complexity index is 1070. The van der Waals surface area contributed by atoms with E-state index in [1.165, 1.54) is 12.5 Å². The van der Waals surface area contributed by atoms with Gasteiger partial charge in [0.25, 0.3) is 11.8 Å². The Kier molecular flexibility index (Phi) is 4.62. The predicted octanol–water partition coefficient (Wildman–Crippen LogP) is 2.93. The van der Waals surface area contributed by atoms with Crippen molar-refractivity contribution in [1.82, 2.24) is 14.7 Å². The number of fused-ring (bicyclic) bond motifs is 1. The van der Waals surface area contributed by atoms with Crippen LogP contribution in [0.15, 0.2) is 53.5 Å². The van der Waals surface area contributed by atoms with Gasteiger partial charge in [-0.1, -0.05) is 0 Å². The SMILES string of the molecule is O=C(Nc1ccnn1C1CCN(C(=O)c2ccoc2)CC1)c1ccc2c(c1)OCO2. The zero-order valence-electron chi connectivity index (χ0n) is 16.1. The summed E-state index contributed by atoms with van der Waals surface area (Å²) in [5.74, 6) is 1.54. The van der Waals surface area contributed by atoms with E-state index in [1.807, 2.05) is 9.58 Å². The van der Waals surface area contributed by atoms with Crippen molar-refractivity contribution in [2.75, 3.05) is 25.2 Å². The lowest BCUT2D eigenvalue weighted by Gasteiger charge is -2.32. The lowest BCUT2D eigenvalue weighted by molar-refractivity contribution is 0.0690. The molecule has 1 aromatic carbocycles. The Balaban J connectivity index is 1.24. The summed E-state index contributed by atoms with van der Waals surface area (Å²) in [6.45, 7) is 1.39. The summed E-state index contributed by atoms with van der Waals surface area (Å²) in [5.41, 5.74) is 1.04. The number of nitrogens with one attached hydrogen (secondary N) is 1. The molecular formula is C21H20N4O5. The Hall–Kier alpha value is -3.75. The molecule has 2 aliphatic rings. The summed E-state index contributed by atoms with van der Waals surface area (Å²) < 4.78 is 17.5. The molecule has 0 unspecified atom stereocenters. The molecule has 5 rings (SSSR count). The summed E-state index contributed by atoms with van der Waals surface area (Å²) in [6, 6.07) is 8.63. The lowest BCUT2D eigenvalue weighted by atomic mass is 10.0. The molecule has 0 spiro atoms. The highest BCUT2D eigenvalue weighted by Gasteiger charge is 2.27. The number of hydrogen-bond donors (Lipinski definition) is 1. The normalized spacial score (nSPS) is 15.9. The molecule has 1 saturated heterocycles. The zero-order chi connectivity index (χ0) is 20.5. The molecule has 4 heterocycles. The highest BCUT2D eigenvalue weighted by atomic mass is 16.7. The van der Waals surface area contributed by atoms with Gasteiger partial charge in [-0.15, -0.1) is 0 Å².